The first kappa shape index (κ1) is 30.7. The van der Waals surface area contributed by atoms with E-state index in [9.17, 15) is 23.1 Å². The first-order valence-electron chi connectivity index (χ1n) is 14.2. The van der Waals surface area contributed by atoms with Crippen LogP contribution in [0.5, 0.6) is 17.4 Å². The summed E-state index contributed by atoms with van der Waals surface area (Å²) in [5.74, 6) is 0.0718. The van der Waals surface area contributed by atoms with Gasteiger partial charge in [-0.15, -0.1) is 0 Å². The predicted octanol–water partition coefficient (Wildman–Crippen LogP) is 5.60. The highest BCUT2D eigenvalue weighted by molar-refractivity contribution is 7.89. The fourth-order valence-corrected chi connectivity index (χ4v) is 6.40. The number of pyridine rings is 1. The summed E-state index contributed by atoms with van der Waals surface area (Å²) in [5, 5.41) is 11.9. The number of aryl methyl sites for hydroxylation is 2. The molecule has 1 amide bonds. The molecule has 10 nitrogen and oxygen atoms in total. The molecule has 1 fully saturated rings. The number of piperidine rings is 1. The Bertz CT molecular complexity index is 1750. The van der Waals surface area contributed by atoms with Gasteiger partial charge in [-0.2, -0.15) is 4.31 Å². The van der Waals surface area contributed by atoms with Gasteiger partial charge in [0.05, 0.1) is 22.6 Å². The third-order valence-corrected chi connectivity index (χ3v) is 9.35. The van der Waals surface area contributed by atoms with Crippen molar-refractivity contribution in [2.75, 3.05) is 18.4 Å². The third kappa shape index (κ3) is 7.42. The molecule has 0 unspecified atom stereocenters. The highest BCUT2D eigenvalue weighted by Crippen LogP contribution is 2.27. The number of carbonyl (C=O) groups is 2. The number of hydrogen-bond donors (Lipinski definition) is 2. The number of nitrogens with one attached hydrogen (secondary N) is 1. The molecule has 0 atom stereocenters. The summed E-state index contributed by atoms with van der Waals surface area (Å²) in [5.41, 5.74) is 2.90. The number of carboxylic acid groups (broad SMARTS) is 1. The van der Waals surface area contributed by atoms with Gasteiger partial charge in [-0.25, -0.2) is 18.2 Å². The third-order valence-electron chi connectivity index (χ3n) is 7.46. The minimum Gasteiger partial charge on any atom is -0.490 e. The maximum Gasteiger partial charge on any atom is 0.337 e. The molecule has 3 aromatic carbocycles. The lowest BCUT2D eigenvalue weighted by molar-refractivity contribution is -0.115. The topological polar surface area (TPSA) is 135 Å². The summed E-state index contributed by atoms with van der Waals surface area (Å²) in [6, 6.07) is 21.9. The number of sulfonamides is 1. The van der Waals surface area contributed by atoms with Crippen LogP contribution in [0.2, 0.25) is 0 Å². The van der Waals surface area contributed by atoms with Gasteiger partial charge in [0.2, 0.25) is 21.8 Å². The van der Waals surface area contributed by atoms with Gasteiger partial charge >= 0.3 is 5.97 Å². The predicted molar refractivity (Wildman–Crippen MR) is 165 cm³/mol. The molecule has 11 heteroatoms. The normalized spacial score (nSPS) is 14.1. The molecule has 1 saturated heterocycles. The second-order valence-electron chi connectivity index (χ2n) is 10.6. The van der Waals surface area contributed by atoms with Crippen LogP contribution in [0.15, 0.2) is 90.0 Å². The Morgan fingerprint density at radius 3 is 2.30 bits per heavy atom. The van der Waals surface area contributed by atoms with Crippen molar-refractivity contribution in [1.82, 2.24) is 9.29 Å². The van der Waals surface area contributed by atoms with E-state index in [-0.39, 0.29) is 29.7 Å². The van der Waals surface area contributed by atoms with Crippen LogP contribution >= 0.6 is 0 Å². The number of carbonyl (C=O) groups excluding carboxylic acids is 1. The molecule has 0 aliphatic carbocycles. The molecule has 228 valence electrons. The summed E-state index contributed by atoms with van der Waals surface area (Å²) < 4.78 is 39.7. The molecule has 1 aliphatic heterocycles. The van der Waals surface area contributed by atoms with Gasteiger partial charge in [-0.3, -0.25) is 4.79 Å². The van der Waals surface area contributed by atoms with E-state index in [2.05, 4.69) is 10.3 Å². The summed E-state index contributed by atoms with van der Waals surface area (Å²) in [7, 11) is -3.54. The molecule has 0 saturated carbocycles. The number of ether oxygens (including phenoxy) is 2. The van der Waals surface area contributed by atoms with Crippen molar-refractivity contribution in [2.45, 2.75) is 44.1 Å². The van der Waals surface area contributed by atoms with E-state index < -0.39 is 16.0 Å². The Morgan fingerprint density at radius 2 is 1.64 bits per heavy atom. The Balaban J connectivity index is 1.10. The van der Waals surface area contributed by atoms with Gasteiger partial charge in [0.15, 0.2) is 0 Å². The standard InChI is InChI=1S/C33H33N3O7S/c1-22-7-13-28(19-23(22)2)44(40,41)36-17-15-27(16-18-36)42-25-9-11-26(12-10-25)43-32-14-8-24(21-34-32)20-31(37)35-30-6-4-3-5-29(30)33(38)39/h3-14,19,21,27H,15-18,20H2,1-2H3,(H,35,37)(H,38,39). The zero-order valence-corrected chi connectivity index (χ0v) is 25.2. The number of benzene rings is 3. The largest absolute Gasteiger partial charge is 0.490 e. The SMILES string of the molecule is Cc1ccc(S(=O)(=O)N2CCC(Oc3ccc(Oc4ccc(CC(=O)Nc5ccccc5C(=O)O)cn4)cc3)CC2)cc1C. The minimum atomic E-state index is -3.54. The maximum atomic E-state index is 13.1. The number of anilines is 1. The van der Waals surface area contributed by atoms with Crippen LogP contribution in [-0.4, -0.2) is 53.9 Å². The van der Waals surface area contributed by atoms with Crippen LogP contribution in [0.1, 0.15) is 39.9 Å². The number of para-hydroxylation sites is 1. The zero-order chi connectivity index (χ0) is 31.3. The van der Waals surface area contributed by atoms with Gasteiger partial charge in [0.1, 0.15) is 17.6 Å². The van der Waals surface area contributed by atoms with E-state index in [0.29, 0.717) is 53.8 Å². The zero-order valence-electron chi connectivity index (χ0n) is 24.4. The lowest BCUT2D eigenvalue weighted by Crippen LogP contribution is -2.41. The van der Waals surface area contributed by atoms with Crippen LogP contribution in [0.3, 0.4) is 0 Å². The Morgan fingerprint density at radius 1 is 0.932 bits per heavy atom. The van der Waals surface area contributed by atoms with E-state index in [1.807, 2.05) is 19.9 Å². The van der Waals surface area contributed by atoms with Gasteiger partial charge < -0.3 is 19.9 Å². The van der Waals surface area contributed by atoms with E-state index in [1.165, 1.54) is 22.6 Å². The number of hydrogen-bond acceptors (Lipinski definition) is 7. The van der Waals surface area contributed by atoms with Crippen molar-refractivity contribution in [1.29, 1.82) is 0 Å². The van der Waals surface area contributed by atoms with Crippen molar-refractivity contribution in [3.05, 3.63) is 107 Å². The molecule has 2 heterocycles. The van der Waals surface area contributed by atoms with E-state index in [0.717, 1.165) is 11.1 Å². The number of rotatable bonds is 10. The minimum absolute atomic E-state index is 0.0175. The lowest BCUT2D eigenvalue weighted by Gasteiger charge is -2.31. The summed E-state index contributed by atoms with van der Waals surface area (Å²) in [6.45, 7) is 4.65. The number of nitrogens with zero attached hydrogens (tertiary/aromatic N) is 2. The van der Waals surface area contributed by atoms with Crippen molar-refractivity contribution < 1.29 is 32.6 Å². The number of aromatic carboxylic acids is 1. The van der Waals surface area contributed by atoms with Gasteiger partial charge in [0.25, 0.3) is 0 Å². The summed E-state index contributed by atoms with van der Waals surface area (Å²) in [6.07, 6.45) is 2.62. The number of aromatic nitrogens is 1. The second-order valence-corrected chi connectivity index (χ2v) is 12.6. The van der Waals surface area contributed by atoms with E-state index in [4.69, 9.17) is 9.47 Å². The van der Waals surface area contributed by atoms with E-state index in [1.54, 1.807) is 60.7 Å². The average Bonchev–Trinajstić information content (AvgIpc) is 3.01. The molecule has 0 bridgehead atoms. The Kier molecular flexibility index (Phi) is 9.26. The van der Waals surface area contributed by atoms with Gasteiger partial charge in [0, 0.05) is 25.4 Å². The molecule has 5 rings (SSSR count). The lowest BCUT2D eigenvalue weighted by atomic mass is 10.1. The fourth-order valence-electron chi connectivity index (χ4n) is 4.85. The molecular weight excluding hydrogens is 582 g/mol. The number of amides is 1. The van der Waals surface area contributed by atoms with Crippen molar-refractivity contribution in [2.24, 2.45) is 0 Å². The Labute approximate surface area is 256 Å². The number of carboxylic acids is 1. The molecule has 4 aromatic rings. The maximum absolute atomic E-state index is 13.1. The monoisotopic (exact) mass is 615 g/mol. The highest BCUT2D eigenvalue weighted by Gasteiger charge is 2.30. The van der Waals surface area contributed by atoms with Crippen molar-refractivity contribution >= 4 is 27.6 Å². The Hall–Kier alpha value is -4.74. The average molecular weight is 616 g/mol. The first-order chi connectivity index (χ1) is 21.1. The van der Waals surface area contributed by atoms with Crippen molar-refractivity contribution in [3.63, 3.8) is 0 Å². The summed E-state index contributed by atoms with van der Waals surface area (Å²) >= 11 is 0. The highest BCUT2D eigenvalue weighted by atomic mass is 32.2. The van der Waals surface area contributed by atoms with Gasteiger partial charge in [-0.1, -0.05) is 24.3 Å². The van der Waals surface area contributed by atoms with E-state index >= 15 is 0 Å². The first-order valence-corrected chi connectivity index (χ1v) is 15.6. The van der Waals surface area contributed by atoms with Crippen LogP contribution in [0, 0.1) is 13.8 Å². The molecule has 44 heavy (non-hydrogen) atoms. The molecular formula is C33H33N3O7S. The van der Waals surface area contributed by atoms with Gasteiger partial charge in [-0.05, 0) is 91.9 Å². The molecule has 0 radical (unpaired) electrons. The van der Waals surface area contributed by atoms with Crippen LogP contribution < -0.4 is 14.8 Å². The van der Waals surface area contributed by atoms with Crippen LogP contribution in [-0.2, 0) is 21.2 Å². The van der Waals surface area contributed by atoms with Crippen LogP contribution in [0.25, 0.3) is 0 Å². The molecule has 2 N–H and O–H groups in total. The summed E-state index contributed by atoms with van der Waals surface area (Å²) in [4.78, 5) is 28.4. The molecule has 1 aliphatic rings. The smallest absolute Gasteiger partial charge is 0.337 e. The second kappa shape index (κ2) is 13.3. The van der Waals surface area contributed by atoms with Crippen LogP contribution in [0.4, 0.5) is 5.69 Å². The van der Waals surface area contributed by atoms with Crippen molar-refractivity contribution in [3.8, 4) is 17.4 Å². The quantitative estimate of drug-likeness (QED) is 0.235. The molecule has 1 aromatic heterocycles. The molecule has 0 spiro atoms. The fraction of sp³-hybridized carbons (Fsp3) is 0.242.